The van der Waals surface area contributed by atoms with Gasteiger partial charge in [0.1, 0.15) is 5.54 Å². The van der Waals surface area contributed by atoms with E-state index < -0.39 is 11.5 Å². The van der Waals surface area contributed by atoms with Crippen LogP contribution in [0.1, 0.15) is 26.2 Å². The molecule has 2 N–H and O–H groups in total. The lowest BCUT2D eigenvalue weighted by molar-refractivity contribution is -0.145. The molecule has 0 radical (unpaired) electrons. The van der Waals surface area contributed by atoms with Crippen molar-refractivity contribution in [3.8, 4) is 0 Å². The Morgan fingerprint density at radius 1 is 1.50 bits per heavy atom. The maximum atomic E-state index is 11.3. The third-order valence-electron chi connectivity index (χ3n) is 3.01. The van der Waals surface area contributed by atoms with E-state index >= 15 is 0 Å². The molecule has 18 heavy (non-hydrogen) atoms. The highest BCUT2D eigenvalue weighted by molar-refractivity contribution is 7.99. The first-order valence-corrected chi connectivity index (χ1v) is 6.95. The van der Waals surface area contributed by atoms with E-state index in [2.05, 4.69) is 15.3 Å². The second kappa shape index (κ2) is 7.33. The monoisotopic (exact) mass is 269 g/mol. The molecule has 0 saturated heterocycles. The number of aliphatic carboxylic acids is 1. The highest BCUT2D eigenvalue weighted by atomic mass is 32.2. The van der Waals surface area contributed by atoms with E-state index in [1.807, 2.05) is 6.92 Å². The molecule has 1 atom stereocenters. The van der Waals surface area contributed by atoms with Crippen LogP contribution in [-0.2, 0) is 4.79 Å². The SMILES string of the molecule is CCC(CCCSc1ncccn1)(NC)C(=O)O. The summed E-state index contributed by atoms with van der Waals surface area (Å²) in [5.41, 5.74) is -0.807. The van der Waals surface area contributed by atoms with Crippen LogP contribution in [0.5, 0.6) is 0 Å². The predicted octanol–water partition coefficient (Wildman–Crippen LogP) is 1.80. The summed E-state index contributed by atoms with van der Waals surface area (Å²) in [4.78, 5) is 19.5. The third kappa shape index (κ3) is 3.96. The zero-order chi connectivity index (χ0) is 13.4. The van der Waals surface area contributed by atoms with Gasteiger partial charge in [0.15, 0.2) is 5.16 Å². The molecule has 1 aromatic heterocycles. The van der Waals surface area contributed by atoms with Gasteiger partial charge in [0.2, 0.25) is 0 Å². The summed E-state index contributed by atoms with van der Waals surface area (Å²) >= 11 is 1.55. The molecule has 0 aliphatic carbocycles. The van der Waals surface area contributed by atoms with E-state index in [-0.39, 0.29) is 0 Å². The van der Waals surface area contributed by atoms with E-state index in [0.717, 1.165) is 17.3 Å². The zero-order valence-electron chi connectivity index (χ0n) is 10.7. The standard InChI is InChI=1S/C12H19N3O2S/c1-3-12(13-2,10(16)17)6-4-9-18-11-14-7-5-8-15-11/h5,7-8,13H,3-4,6,9H2,1-2H3,(H,16,17). The van der Waals surface area contributed by atoms with Gasteiger partial charge in [0.05, 0.1) is 0 Å². The number of carboxylic acid groups (broad SMARTS) is 1. The molecule has 0 spiro atoms. The third-order valence-corrected chi connectivity index (χ3v) is 3.97. The Morgan fingerprint density at radius 2 is 2.17 bits per heavy atom. The Kier molecular flexibility index (Phi) is 6.07. The smallest absolute Gasteiger partial charge is 0.323 e. The van der Waals surface area contributed by atoms with Crippen molar-refractivity contribution in [1.29, 1.82) is 0 Å². The zero-order valence-corrected chi connectivity index (χ0v) is 11.5. The van der Waals surface area contributed by atoms with Crippen molar-refractivity contribution in [3.05, 3.63) is 18.5 Å². The van der Waals surface area contributed by atoms with E-state index in [0.29, 0.717) is 12.8 Å². The highest BCUT2D eigenvalue weighted by Crippen LogP contribution is 2.21. The maximum absolute atomic E-state index is 11.3. The van der Waals surface area contributed by atoms with Crippen LogP contribution in [0.2, 0.25) is 0 Å². The van der Waals surface area contributed by atoms with Gasteiger partial charge in [-0.15, -0.1) is 0 Å². The largest absolute Gasteiger partial charge is 0.480 e. The maximum Gasteiger partial charge on any atom is 0.323 e. The second-order valence-electron chi connectivity index (χ2n) is 3.97. The summed E-state index contributed by atoms with van der Waals surface area (Å²) in [7, 11) is 1.70. The number of thioether (sulfide) groups is 1. The fourth-order valence-corrected chi connectivity index (χ4v) is 2.48. The highest BCUT2D eigenvalue weighted by Gasteiger charge is 2.33. The minimum Gasteiger partial charge on any atom is -0.480 e. The number of hydrogen-bond donors (Lipinski definition) is 2. The Morgan fingerprint density at radius 3 is 2.67 bits per heavy atom. The number of nitrogens with zero attached hydrogens (tertiary/aromatic N) is 2. The fourth-order valence-electron chi connectivity index (χ4n) is 1.74. The molecule has 6 heteroatoms. The number of carbonyl (C=O) groups is 1. The average Bonchev–Trinajstić information content (AvgIpc) is 2.40. The lowest BCUT2D eigenvalue weighted by Gasteiger charge is -2.27. The number of hydrogen-bond acceptors (Lipinski definition) is 5. The van der Waals surface area contributed by atoms with Crippen LogP contribution < -0.4 is 5.32 Å². The summed E-state index contributed by atoms with van der Waals surface area (Å²) in [6.07, 6.45) is 5.40. The Bertz CT molecular complexity index is 369. The Labute approximate surface area is 111 Å². The number of rotatable bonds is 8. The summed E-state index contributed by atoms with van der Waals surface area (Å²) < 4.78 is 0. The molecule has 1 aromatic rings. The van der Waals surface area contributed by atoms with Crippen LogP contribution >= 0.6 is 11.8 Å². The average molecular weight is 269 g/mol. The van der Waals surface area contributed by atoms with Gasteiger partial charge in [-0.1, -0.05) is 18.7 Å². The molecule has 0 saturated carbocycles. The second-order valence-corrected chi connectivity index (χ2v) is 5.04. The van der Waals surface area contributed by atoms with Crippen molar-refractivity contribution in [2.24, 2.45) is 0 Å². The molecule has 0 aromatic carbocycles. The first-order chi connectivity index (χ1) is 8.64. The molecule has 0 amide bonds. The van der Waals surface area contributed by atoms with Crippen molar-refractivity contribution in [2.45, 2.75) is 36.9 Å². The quantitative estimate of drug-likeness (QED) is 0.426. The van der Waals surface area contributed by atoms with Gasteiger partial charge in [-0.3, -0.25) is 4.79 Å². The lowest BCUT2D eigenvalue weighted by Crippen LogP contribution is -2.49. The molecule has 1 rings (SSSR count). The van der Waals surface area contributed by atoms with Gasteiger partial charge in [0.25, 0.3) is 0 Å². The molecule has 5 nitrogen and oxygen atoms in total. The van der Waals surface area contributed by atoms with Gasteiger partial charge < -0.3 is 10.4 Å². The molecule has 1 heterocycles. The number of nitrogens with one attached hydrogen (secondary N) is 1. The van der Waals surface area contributed by atoms with E-state index in [1.165, 1.54) is 0 Å². The van der Waals surface area contributed by atoms with Crippen LogP contribution in [0.3, 0.4) is 0 Å². The first-order valence-electron chi connectivity index (χ1n) is 5.97. The van der Waals surface area contributed by atoms with Crippen molar-refractivity contribution in [3.63, 3.8) is 0 Å². The first kappa shape index (κ1) is 14.9. The van der Waals surface area contributed by atoms with Gasteiger partial charge in [-0.2, -0.15) is 0 Å². The van der Waals surface area contributed by atoms with Gasteiger partial charge in [-0.25, -0.2) is 9.97 Å². The minimum absolute atomic E-state index is 0.575. The minimum atomic E-state index is -0.807. The summed E-state index contributed by atoms with van der Waals surface area (Å²) in [5.74, 6) is 0.0363. The van der Waals surface area contributed by atoms with Crippen LogP contribution in [-0.4, -0.2) is 39.4 Å². The normalized spacial score (nSPS) is 14.1. The van der Waals surface area contributed by atoms with Crippen LogP contribution in [0.4, 0.5) is 0 Å². The van der Waals surface area contributed by atoms with Crippen molar-refractivity contribution >= 4 is 17.7 Å². The Balaban J connectivity index is 2.38. The molecule has 0 bridgehead atoms. The van der Waals surface area contributed by atoms with Crippen molar-refractivity contribution in [2.75, 3.05) is 12.8 Å². The van der Waals surface area contributed by atoms with E-state index in [1.54, 1.807) is 37.3 Å². The van der Waals surface area contributed by atoms with Crippen LogP contribution in [0.25, 0.3) is 0 Å². The number of carboxylic acids is 1. The summed E-state index contributed by atoms with van der Waals surface area (Å²) in [5, 5.41) is 12.9. The van der Waals surface area contributed by atoms with Crippen molar-refractivity contribution < 1.29 is 9.90 Å². The molecule has 0 aliphatic heterocycles. The molecule has 0 fully saturated rings. The number of likely N-dealkylation sites (N-methyl/N-ethyl adjacent to an activating group) is 1. The number of aromatic nitrogens is 2. The summed E-state index contributed by atoms with van der Waals surface area (Å²) in [6, 6.07) is 1.78. The molecule has 100 valence electrons. The van der Waals surface area contributed by atoms with Gasteiger partial charge >= 0.3 is 5.97 Å². The van der Waals surface area contributed by atoms with Gasteiger partial charge in [0, 0.05) is 18.1 Å². The fraction of sp³-hybridized carbons (Fsp3) is 0.583. The molecular formula is C12H19N3O2S. The van der Waals surface area contributed by atoms with E-state index in [4.69, 9.17) is 0 Å². The van der Waals surface area contributed by atoms with Crippen molar-refractivity contribution in [1.82, 2.24) is 15.3 Å². The van der Waals surface area contributed by atoms with Gasteiger partial charge in [-0.05, 0) is 32.4 Å². The lowest BCUT2D eigenvalue weighted by atomic mass is 9.91. The molecular weight excluding hydrogens is 250 g/mol. The molecule has 0 aliphatic rings. The molecule has 1 unspecified atom stereocenters. The van der Waals surface area contributed by atoms with Crippen LogP contribution in [0.15, 0.2) is 23.6 Å². The summed E-state index contributed by atoms with van der Waals surface area (Å²) in [6.45, 7) is 1.89. The van der Waals surface area contributed by atoms with Crippen LogP contribution in [0, 0.1) is 0 Å². The van der Waals surface area contributed by atoms with E-state index in [9.17, 15) is 9.90 Å². The topological polar surface area (TPSA) is 75.1 Å². The predicted molar refractivity (Wildman–Crippen MR) is 71.7 cm³/mol. The Hall–Kier alpha value is -1.14.